The molecule has 0 spiro atoms. The molecule has 0 saturated heterocycles. The van der Waals surface area contributed by atoms with Gasteiger partial charge in [-0.2, -0.15) is 13.1 Å². The Labute approximate surface area is 95.9 Å². The second kappa shape index (κ2) is 6.66. The molecule has 1 unspecified atom stereocenters. The van der Waals surface area contributed by atoms with Gasteiger partial charge in [0.05, 0.1) is 7.11 Å². The van der Waals surface area contributed by atoms with Crippen LogP contribution in [0.5, 0.6) is 0 Å². The van der Waals surface area contributed by atoms with Gasteiger partial charge in [-0.3, -0.25) is 0 Å². The van der Waals surface area contributed by atoms with Crippen LogP contribution >= 0.6 is 0 Å². The normalized spacial score (nSPS) is 13.6. The first-order valence-electron chi connectivity index (χ1n) is 4.90. The minimum atomic E-state index is -3.89. The number of nitrogens with one attached hydrogen (secondary N) is 2. The minimum Gasteiger partial charge on any atom is -0.452 e. The van der Waals surface area contributed by atoms with Crippen molar-refractivity contribution in [1.82, 2.24) is 9.44 Å². The molecule has 0 saturated carbocycles. The Kier molecular flexibility index (Phi) is 6.31. The topological polar surface area (TPSA) is 111 Å². The number of methoxy groups -OCH3 is 1. The van der Waals surface area contributed by atoms with Crippen LogP contribution in [0.2, 0.25) is 0 Å². The van der Waals surface area contributed by atoms with E-state index < -0.39 is 16.3 Å². The summed E-state index contributed by atoms with van der Waals surface area (Å²) in [4.78, 5) is 10.8. The number of rotatable bonds is 6. The predicted molar refractivity (Wildman–Crippen MR) is 59.9 cm³/mol. The van der Waals surface area contributed by atoms with Gasteiger partial charge in [-0.15, -0.1) is 0 Å². The molecule has 0 fully saturated rings. The third-order valence-corrected chi connectivity index (χ3v) is 3.04. The summed E-state index contributed by atoms with van der Waals surface area (Å²) in [6.45, 7) is 4.09. The van der Waals surface area contributed by atoms with Crippen molar-refractivity contribution in [2.45, 2.75) is 26.3 Å². The zero-order chi connectivity index (χ0) is 12.8. The van der Waals surface area contributed by atoms with Gasteiger partial charge in [-0.05, 0) is 18.9 Å². The molecule has 0 aromatic heterocycles. The van der Waals surface area contributed by atoms with Crippen LogP contribution in [0.4, 0.5) is 4.79 Å². The third-order valence-electron chi connectivity index (χ3n) is 1.99. The summed E-state index contributed by atoms with van der Waals surface area (Å²) in [5, 5.41) is 0. The largest absolute Gasteiger partial charge is 0.452 e. The third kappa shape index (κ3) is 5.89. The van der Waals surface area contributed by atoms with E-state index in [-0.39, 0.29) is 12.0 Å². The summed E-state index contributed by atoms with van der Waals surface area (Å²) in [6.07, 6.45) is -0.525. The van der Waals surface area contributed by atoms with Gasteiger partial charge >= 0.3 is 16.3 Å². The molecular formula is C8H19N3O4S. The van der Waals surface area contributed by atoms with Crippen LogP contribution in [0.15, 0.2) is 0 Å². The van der Waals surface area contributed by atoms with Gasteiger partial charge in [0, 0.05) is 6.04 Å². The number of carbonyl (C=O) groups is 1. The number of carbonyl (C=O) groups excluding carboxylic acids is 1. The van der Waals surface area contributed by atoms with Crippen LogP contribution in [0.1, 0.15) is 20.3 Å². The van der Waals surface area contributed by atoms with E-state index in [1.54, 1.807) is 4.72 Å². The van der Waals surface area contributed by atoms with E-state index in [1.807, 2.05) is 13.8 Å². The quantitative estimate of drug-likeness (QED) is 0.594. The molecule has 0 radical (unpaired) electrons. The van der Waals surface area contributed by atoms with Gasteiger partial charge in [0.2, 0.25) is 0 Å². The second-order valence-corrected chi connectivity index (χ2v) is 5.09. The number of nitrogens with two attached hydrogens (primary N) is 1. The van der Waals surface area contributed by atoms with Crippen molar-refractivity contribution in [1.29, 1.82) is 0 Å². The van der Waals surface area contributed by atoms with Crippen molar-refractivity contribution >= 4 is 16.3 Å². The molecule has 0 rings (SSSR count). The van der Waals surface area contributed by atoms with Crippen LogP contribution in [0, 0.1) is 5.92 Å². The maximum absolute atomic E-state index is 11.4. The summed E-state index contributed by atoms with van der Waals surface area (Å²) < 4.78 is 31.1. The summed E-state index contributed by atoms with van der Waals surface area (Å²) in [7, 11) is -2.80. The Morgan fingerprint density at radius 3 is 2.38 bits per heavy atom. The molecular weight excluding hydrogens is 234 g/mol. The maximum Gasteiger partial charge on any atom is 0.421 e. The van der Waals surface area contributed by atoms with Crippen LogP contribution in [0.3, 0.4) is 0 Å². The standard InChI is InChI=1S/C8H19N3O4S/c1-6(2)7(4-5-9)10-16(13,14)11-8(12)15-3/h6-7,10H,4-5,9H2,1-3H3,(H,11,12). The zero-order valence-corrected chi connectivity index (χ0v) is 10.5. The van der Waals surface area contributed by atoms with Gasteiger partial charge < -0.3 is 10.5 Å². The van der Waals surface area contributed by atoms with Crippen molar-refractivity contribution in [3.63, 3.8) is 0 Å². The average molecular weight is 253 g/mol. The van der Waals surface area contributed by atoms with Gasteiger partial charge in [-0.25, -0.2) is 9.52 Å². The van der Waals surface area contributed by atoms with E-state index >= 15 is 0 Å². The van der Waals surface area contributed by atoms with E-state index in [0.29, 0.717) is 13.0 Å². The molecule has 7 nitrogen and oxygen atoms in total. The lowest BCUT2D eigenvalue weighted by Crippen LogP contribution is -2.47. The highest BCUT2D eigenvalue weighted by atomic mass is 32.2. The lowest BCUT2D eigenvalue weighted by molar-refractivity contribution is 0.177. The second-order valence-electron chi connectivity index (χ2n) is 3.64. The van der Waals surface area contributed by atoms with Crippen LogP contribution in [-0.4, -0.2) is 34.2 Å². The Morgan fingerprint density at radius 2 is 2.00 bits per heavy atom. The highest BCUT2D eigenvalue weighted by Gasteiger charge is 2.21. The van der Waals surface area contributed by atoms with Gasteiger partial charge in [0.25, 0.3) is 0 Å². The molecule has 8 heteroatoms. The fourth-order valence-corrected chi connectivity index (χ4v) is 2.24. The minimum absolute atomic E-state index is 0.0813. The molecule has 4 N–H and O–H groups in total. The maximum atomic E-state index is 11.4. The van der Waals surface area contributed by atoms with Crippen molar-refractivity contribution in [2.75, 3.05) is 13.7 Å². The number of ether oxygens (including phenoxy) is 1. The highest BCUT2D eigenvalue weighted by Crippen LogP contribution is 2.06. The molecule has 1 atom stereocenters. The van der Waals surface area contributed by atoms with Crippen molar-refractivity contribution in [3.8, 4) is 0 Å². The van der Waals surface area contributed by atoms with Crippen LogP contribution < -0.4 is 15.2 Å². The Bertz CT molecular complexity index is 315. The first-order chi connectivity index (χ1) is 7.32. The zero-order valence-electron chi connectivity index (χ0n) is 9.69. The molecule has 16 heavy (non-hydrogen) atoms. The Balaban J connectivity index is 4.47. The number of hydrogen-bond donors (Lipinski definition) is 3. The van der Waals surface area contributed by atoms with Gasteiger partial charge in [0.15, 0.2) is 0 Å². The van der Waals surface area contributed by atoms with Crippen molar-refractivity contribution in [2.24, 2.45) is 11.7 Å². The molecule has 96 valence electrons. The highest BCUT2D eigenvalue weighted by molar-refractivity contribution is 7.88. The van der Waals surface area contributed by atoms with Crippen molar-refractivity contribution < 1.29 is 17.9 Å². The van der Waals surface area contributed by atoms with E-state index in [4.69, 9.17) is 5.73 Å². The van der Waals surface area contributed by atoms with Crippen LogP contribution in [0.25, 0.3) is 0 Å². The lowest BCUT2D eigenvalue weighted by Gasteiger charge is -2.21. The molecule has 0 bridgehead atoms. The molecule has 1 amide bonds. The molecule has 0 aromatic carbocycles. The predicted octanol–water partition coefficient (Wildman–Crippen LogP) is -0.450. The molecule has 0 aliphatic rings. The van der Waals surface area contributed by atoms with E-state index in [9.17, 15) is 13.2 Å². The summed E-state index contributed by atoms with van der Waals surface area (Å²) >= 11 is 0. The first-order valence-corrected chi connectivity index (χ1v) is 6.38. The average Bonchev–Trinajstić information content (AvgIpc) is 2.15. The first kappa shape index (κ1) is 15.1. The van der Waals surface area contributed by atoms with E-state index in [1.165, 1.54) is 0 Å². The molecule has 0 aliphatic carbocycles. The monoisotopic (exact) mass is 253 g/mol. The SMILES string of the molecule is COC(=O)NS(=O)(=O)NC(CCN)C(C)C. The van der Waals surface area contributed by atoms with E-state index in [0.717, 1.165) is 7.11 Å². The lowest BCUT2D eigenvalue weighted by atomic mass is 10.0. The van der Waals surface area contributed by atoms with E-state index in [2.05, 4.69) is 9.46 Å². The fraction of sp³-hybridized carbons (Fsp3) is 0.875. The fourth-order valence-electron chi connectivity index (χ4n) is 1.09. The van der Waals surface area contributed by atoms with Gasteiger partial charge in [-0.1, -0.05) is 13.8 Å². The summed E-state index contributed by atoms with van der Waals surface area (Å²) in [6, 6.07) is -0.313. The molecule has 0 heterocycles. The van der Waals surface area contributed by atoms with Crippen LogP contribution in [-0.2, 0) is 14.9 Å². The summed E-state index contributed by atoms with van der Waals surface area (Å²) in [5.74, 6) is 0.0813. The smallest absolute Gasteiger partial charge is 0.421 e. The van der Waals surface area contributed by atoms with Gasteiger partial charge in [0.1, 0.15) is 0 Å². The Morgan fingerprint density at radius 1 is 1.44 bits per heavy atom. The number of amides is 1. The molecule has 0 aliphatic heterocycles. The number of hydrogen-bond acceptors (Lipinski definition) is 5. The molecule has 0 aromatic rings. The Hall–Kier alpha value is -0.860. The summed E-state index contributed by atoms with van der Waals surface area (Å²) in [5.41, 5.74) is 5.37. The van der Waals surface area contributed by atoms with Crippen molar-refractivity contribution in [3.05, 3.63) is 0 Å².